The summed E-state index contributed by atoms with van der Waals surface area (Å²) in [6, 6.07) is 12.5. The van der Waals surface area contributed by atoms with Crippen LogP contribution in [-0.2, 0) is 17.6 Å². The van der Waals surface area contributed by atoms with E-state index in [0.29, 0.717) is 35.7 Å². The van der Waals surface area contributed by atoms with Gasteiger partial charge in [-0.15, -0.1) is 0 Å². The lowest BCUT2D eigenvalue weighted by Gasteiger charge is -2.07. The van der Waals surface area contributed by atoms with Crippen molar-refractivity contribution in [2.75, 3.05) is 7.11 Å². The Kier molecular flexibility index (Phi) is 5.46. The molecule has 3 rings (SSSR count). The smallest absolute Gasteiger partial charge is 0.275 e. The monoisotopic (exact) mass is 352 g/mol. The third kappa shape index (κ3) is 3.99. The van der Waals surface area contributed by atoms with E-state index in [2.05, 4.69) is 17.2 Å². The lowest BCUT2D eigenvalue weighted by Crippen LogP contribution is -2.24. The Labute approximate surface area is 152 Å². The number of hydrogen-bond acceptors (Lipinski definition) is 3. The van der Waals surface area contributed by atoms with Crippen LogP contribution in [-0.4, -0.2) is 18.9 Å². The molecule has 1 heterocycles. The number of hydrogen-bond donors (Lipinski definition) is 1. The molecule has 134 valence electrons. The predicted octanol–water partition coefficient (Wildman–Crippen LogP) is 3.90. The van der Waals surface area contributed by atoms with Crippen LogP contribution in [0.1, 0.15) is 30.0 Å². The molecule has 2 aromatic carbocycles. The van der Waals surface area contributed by atoms with Crippen LogP contribution in [0.2, 0.25) is 0 Å². The average Bonchev–Trinajstić information content (AvgIpc) is 3.00. The van der Waals surface area contributed by atoms with Gasteiger partial charge in [-0.05, 0) is 48.2 Å². The summed E-state index contributed by atoms with van der Waals surface area (Å²) in [4.78, 5) is 16.6. The molecule has 1 aliphatic rings. The number of halogens is 1. The molecule has 0 saturated carbocycles. The van der Waals surface area contributed by atoms with Crippen molar-refractivity contribution >= 4 is 17.8 Å². The summed E-state index contributed by atoms with van der Waals surface area (Å²) >= 11 is 0. The van der Waals surface area contributed by atoms with E-state index in [4.69, 9.17) is 4.74 Å². The molecule has 0 fully saturated rings. The van der Waals surface area contributed by atoms with E-state index >= 15 is 0 Å². The number of amides is 1. The van der Waals surface area contributed by atoms with Gasteiger partial charge in [-0.1, -0.05) is 31.2 Å². The van der Waals surface area contributed by atoms with Crippen molar-refractivity contribution in [1.29, 1.82) is 0 Å². The number of aliphatic imine (C=N–C) groups is 1. The molecule has 0 unspecified atom stereocenters. The number of benzene rings is 2. The van der Waals surface area contributed by atoms with Crippen molar-refractivity contribution in [3.05, 3.63) is 70.7 Å². The number of nitrogens with one attached hydrogen (secondary N) is 1. The van der Waals surface area contributed by atoms with Gasteiger partial charge in [0, 0.05) is 12.0 Å². The number of nitrogens with zero attached hydrogens (tertiary/aromatic N) is 1. The minimum absolute atomic E-state index is 0.241. The maximum Gasteiger partial charge on any atom is 0.275 e. The zero-order chi connectivity index (χ0) is 18.5. The number of carbonyl (C=O) groups is 1. The molecule has 1 N–H and O–H groups in total. The fraction of sp³-hybridized carbons (Fsp3) is 0.238. The topological polar surface area (TPSA) is 50.7 Å². The second-order valence-electron chi connectivity index (χ2n) is 6.06. The van der Waals surface area contributed by atoms with Crippen LogP contribution in [0.25, 0.3) is 6.08 Å². The fourth-order valence-corrected chi connectivity index (χ4v) is 2.85. The van der Waals surface area contributed by atoms with Crippen LogP contribution in [0.5, 0.6) is 5.75 Å². The third-order valence-corrected chi connectivity index (χ3v) is 4.33. The standard InChI is InChI=1S/C21H21FN2O2/c1-3-14-8-10-19(26-2)16(12-14)13-18-21(25)24-20(23-18)11-9-15-6-4-5-7-17(15)22/h4-8,10,12-13H,3,9,11H2,1-2H3,(H,23,24,25)/b18-13+. The van der Waals surface area contributed by atoms with Crippen molar-refractivity contribution in [2.45, 2.75) is 26.2 Å². The van der Waals surface area contributed by atoms with Gasteiger partial charge in [0.25, 0.3) is 5.91 Å². The van der Waals surface area contributed by atoms with Gasteiger partial charge in [-0.3, -0.25) is 4.79 Å². The second-order valence-corrected chi connectivity index (χ2v) is 6.06. The highest BCUT2D eigenvalue weighted by Gasteiger charge is 2.20. The molecular weight excluding hydrogens is 331 g/mol. The Morgan fingerprint density at radius 3 is 2.73 bits per heavy atom. The molecule has 26 heavy (non-hydrogen) atoms. The third-order valence-electron chi connectivity index (χ3n) is 4.33. The molecule has 2 aromatic rings. The molecular formula is C21H21FN2O2. The summed E-state index contributed by atoms with van der Waals surface area (Å²) in [5, 5.41) is 2.76. The molecule has 1 aliphatic heterocycles. The summed E-state index contributed by atoms with van der Waals surface area (Å²) in [5.74, 6) is 0.749. The molecule has 0 atom stereocenters. The Morgan fingerprint density at radius 1 is 1.19 bits per heavy atom. The maximum atomic E-state index is 13.7. The zero-order valence-electron chi connectivity index (χ0n) is 14.9. The van der Waals surface area contributed by atoms with Gasteiger partial charge < -0.3 is 10.1 Å². The number of rotatable bonds is 6. The first-order valence-electron chi connectivity index (χ1n) is 8.61. The van der Waals surface area contributed by atoms with Crippen LogP contribution in [0, 0.1) is 5.82 Å². The fourth-order valence-electron chi connectivity index (χ4n) is 2.85. The first-order valence-corrected chi connectivity index (χ1v) is 8.61. The van der Waals surface area contributed by atoms with E-state index in [-0.39, 0.29) is 11.7 Å². The van der Waals surface area contributed by atoms with Crippen LogP contribution in [0.4, 0.5) is 4.39 Å². The van der Waals surface area contributed by atoms with Crippen LogP contribution in [0.15, 0.2) is 53.2 Å². The summed E-state index contributed by atoms with van der Waals surface area (Å²) < 4.78 is 19.1. The Balaban J connectivity index is 1.79. The van der Waals surface area contributed by atoms with Gasteiger partial charge in [0.15, 0.2) is 0 Å². The van der Waals surface area contributed by atoms with E-state index in [1.165, 1.54) is 6.07 Å². The molecule has 0 bridgehead atoms. The number of carbonyl (C=O) groups excluding carboxylic acids is 1. The first-order chi connectivity index (χ1) is 12.6. The van der Waals surface area contributed by atoms with E-state index < -0.39 is 0 Å². The van der Waals surface area contributed by atoms with Crippen molar-refractivity contribution in [1.82, 2.24) is 5.32 Å². The highest BCUT2D eigenvalue weighted by molar-refractivity contribution is 6.14. The molecule has 0 spiro atoms. The van der Waals surface area contributed by atoms with Crippen LogP contribution in [0.3, 0.4) is 0 Å². The van der Waals surface area contributed by atoms with E-state index in [1.807, 2.05) is 18.2 Å². The zero-order valence-corrected chi connectivity index (χ0v) is 14.9. The van der Waals surface area contributed by atoms with Crippen molar-refractivity contribution in [3.63, 3.8) is 0 Å². The maximum absolute atomic E-state index is 13.7. The number of methoxy groups -OCH3 is 1. The van der Waals surface area contributed by atoms with Gasteiger partial charge in [-0.25, -0.2) is 9.38 Å². The van der Waals surface area contributed by atoms with Gasteiger partial charge in [-0.2, -0.15) is 0 Å². The molecule has 0 aliphatic carbocycles. The van der Waals surface area contributed by atoms with Gasteiger partial charge in [0.2, 0.25) is 0 Å². The lowest BCUT2D eigenvalue weighted by molar-refractivity contribution is -0.115. The summed E-state index contributed by atoms with van der Waals surface area (Å²) in [6.45, 7) is 2.07. The van der Waals surface area contributed by atoms with Crippen molar-refractivity contribution in [3.8, 4) is 5.75 Å². The van der Waals surface area contributed by atoms with E-state index in [1.54, 1.807) is 31.4 Å². The SMILES string of the molecule is CCc1ccc(OC)c(/C=C2/N=C(CCc3ccccc3F)NC2=O)c1. The number of ether oxygens (including phenoxy) is 1. The van der Waals surface area contributed by atoms with E-state index in [0.717, 1.165) is 17.5 Å². The summed E-state index contributed by atoms with van der Waals surface area (Å²) in [6.07, 6.45) is 3.57. The highest BCUT2D eigenvalue weighted by Crippen LogP contribution is 2.24. The lowest BCUT2D eigenvalue weighted by atomic mass is 10.1. The number of aryl methyl sites for hydroxylation is 2. The molecule has 0 aromatic heterocycles. The average molecular weight is 352 g/mol. The predicted molar refractivity (Wildman–Crippen MR) is 101 cm³/mol. The molecule has 5 heteroatoms. The molecule has 0 saturated heterocycles. The van der Waals surface area contributed by atoms with Crippen LogP contribution >= 0.6 is 0 Å². The van der Waals surface area contributed by atoms with Gasteiger partial charge >= 0.3 is 0 Å². The normalized spacial score (nSPS) is 15.1. The van der Waals surface area contributed by atoms with Crippen LogP contribution < -0.4 is 10.1 Å². The minimum Gasteiger partial charge on any atom is -0.496 e. The highest BCUT2D eigenvalue weighted by atomic mass is 19.1. The quantitative estimate of drug-likeness (QED) is 0.802. The van der Waals surface area contributed by atoms with Gasteiger partial charge in [0.1, 0.15) is 23.1 Å². The number of amidine groups is 1. The summed E-state index contributed by atoms with van der Waals surface area (Å²) in [5.41, 5.74) is 2.91. The molecule has 0 radical (unpaired) electrons. The Morgan fingerprint density at radius 2 is 2.00 bits per heavy atom. The summed E-state index contributed by atoms with van der Waals surface area (Å²) in [7, 11) is 1.60. The largest absolute Gasteiger partial charge is 0.496 e. The van der Waals surface area contributed by atoms with Crippen molar-refractivity contribution < 1.29 is 13.9 Å². The Hall–Kier alpha value is -2.95. The molecule has 1 amide bonds. The molecule has 4 nitrogen and oxygen atoms in total. The first kappa shape index (κ1) is 17.9. The van der Waals surface area contributed by atoms with E-state index in [9.17, 15) is 9.18 Å². The Bertz CT molecular complexity index is 887. The second kappa shape index (κ2) is 7.95. The minimum atomic E-state index is -0.252. The van der Waals surface area contributed by atoms with Crippen molar-refractivity contribution in [2.24, 2.45) is 4.99 Å². The van der Waals surface area contributed by atoms with Gasteiger partial charge in [0.05, 0.1) is 7.11 Å².